The van der Waals surface area contributed by atoms with Gasteiger partial charge in [-0.25, -0.2) is 4.57 Å². The number of unbranched alkanes of at least 4 members (excludes halogenated alkanes) is 29. The summed E-state index contributed by atoms with van der Waals surface area (Å²) in [5.74, 6) is -0.194. The fraction of sp³-hybridized carbons (Fsp3) is 0.863. The van der Waals surface area contributed by atoms with Crippen LogP contribution in [0.5, 0.6) is 0 Å². The van der Waals surface area contributed by atoms with E-state index in [0.29, 0.717) is 17.4 Å². The number of nitrogens with one attached hydrogen (secondary N) is 1. The van der Waals surface area contributed by atoms with Crippen molar-refractivity contribution in [2.75, 3.05) is 40.9 Å². The number of hydrogen-bond donors (Lipinski definition) is 3. The van der Waals surface area contributed by atoms with Gasteiger partial charge in [0.2, 0.25) is 5.91 Å². The Kier molecular flexibility index (Phi) is 42.1. The Morgan fingerprint density at radius 2 is 0.917 bits per heavy atom. The highest BCUT2D eigenvalue weighted by atomic mass is 31.2. The number of likely N-dealkylation sites (N-methyl/N-ethyl adjacent to an activating group) is 1. The van der Waals surface area contributed by atoms with E-state index in [1.807, 2.05) is 27.2 Å². The molecule has 0 spiro atoms. The van der Waals surface area contributed by atoms with Crippen LogP contribution in [0, 0.1) is 0 Å². The summed E-state index contributed by atoms with van der Waals surface area (Å²) in [6, 6.07) is -0.866. The molecule has 60 heavy (non-hydrogen) atoms. The average Bonchev–Trinajstić information content (AvgIpc) is 3.20. The molecule has 3 unspecified atom stereocenters. The van der Waals surface area contributed by atoms with Crippen LogP contribution in [-0.2, 0) is 18.4 Å². The predicted octanol–water partition coefficient (Wildman–Crippen LogP) is 14.6. The van der Waals surface area contributed by atoms with Gasteiger partial charge in [-0.1, -0.05) is 204 Å². The average molecular weight is 868 g/mol. The number of hydrogen-bond acceptors (Lipinski definition) is 5. The molecule has 3 atom stereocenters. The molecule has 1 amide bonds. The minimum Gasteiger partial charge on any atom is -0.387 e. The Labute approximate surface area is 372 Å². The van der Waals surface area contributed by atoms with Crippen molar-refractivity contribution in [1.82, 2.24) is 5.32 Å². The Morgan fingerprint density at radius 3 is 1.33 bits per heavy atom. The monoisotopic (exact) mass is 868 g/mol. The summed E-state index contributed by atoms with van der Waals surface area (Å²) in [5, 5.41) is 13.9. The van der Waals surface area contributed by atoms with Crippen LogP contribution >= 0.6 is 7.82 Å². The van der Waals surface area contributed by atoms with E-state index in [9.17, 15) is 19.4 Å². The molecule has 0 aromatic heterocycles. The summed E-state index contributed by atoms with van der Waals surface area (Å²) in [5.41, 5.74) is 0. The highest BCUT2D eigenvalue weighted by Crippen LogP contribution is 2.43. The number of carbonyl (C=O) groups excluding carboxylic acids is 1. The lowest BCUT2D eigenvalue weighted by molar-refractivity contribution is -0.870. The number of amides is 1. The van der Waals surface area contributed by atoms with Crippen molar-refractivity contribution in [3.05, 3.63) is 36.5 Å². The molecule has 0 aliphatic carbocycles. The van der Waals surface area contributed by atoms with Gasteiger partial charge in [-0.15, -0.1) is 0 Å². The van der Waals surface area contributed by atoms with Gasteiger partial charge in [0.15, 0.2) is 0 Å². The minimum atomic E-state index is -4.35. The number of carbonyl (C=O) groups is 1. The first-order valence-corrected chi connectivity index (χ1v) is 26.9. The van der Waals surface area contributed by atoms with Crippen LogP contribution in [0.3, 0.4) is 0 Å². The van der Waals surface area contributed by atoms with Crippen molar-refractivity contribution in [2.24, 2.45) is 0 Å². The Morgan fingerprint density at radius 1 is 0.550 bits per heavy atom. The van der Waals surface area contributed by atoms with Gasteiger partial charge < -0.3 is 19.8 Å². The summed E-state index contributed by atoms with van der Waals surface area (Å²) in [6.45, 7) is 4.80. The molecule has 0 rings (SSSR count). The third-order valence-corrected chi connectivity index (χ3v) is 12.3. The van der Waals surface area contributed by atoms with E-state index in [1.54, 1.807) is 6.08 Å². The largest absolute Gasteiger partial charge is 0.472 e. The zero-order valence-electron chi connectivity index (χ0n) is 40.2. The molecule has 0 fully saturated rings. The lowest BCUT2D eigenvalue weighted by Crippen LogP contribution is -2.45. The Bertz CT molecular complexity index is 1070. The summed E-state index contributed by atoms with van der Waals surface area (Å²) in [7, 11) is 1.55. The third kappa shape index (κ3) is 44.8. The molecule has 0 aliphatic rings. The molecule has 0 aromatic rings. The van der Waals surface area contributed by atoms with E-state index in [2.05, 4.69) is 43.5 Å². The Balaban J connectivity index is 4.37. The maximum atomic E-state index is 12.9. The van der Waals surface area contributed by atoms with Gasteiger partial charge in [0.1, 0.15) is 13.2 Å². The first-order valence-electron chi connectivity index (χ1n) is 25.4. The fourth-order valence-electron chi connectivity index (χ4n) is 7.29. The summed E-state index contributed by atoms with van der Waals surface area (Å²) >= 11 is 0. The number of phosphoric ester groups is 1. The van der Waals surface area contributed by atoms with Gasteiger partial charge in [-0.3, -0.25) is 13.8 Å². The second-order valence-electron chi connectivity index (χ2n) is 18.5. The van der Waals surface area contributed by atoms with Crippen molar-refractivity contribution < 1.29 is 32.9 Å². The van der Waals surface area contributed by atoms with E-state index in [1.165, 1.54) is 161 Å². The van der Waals surface area contributed by atoms with E-state index in [4.69, 9.17) is 9.05 Å². The van der Waals surface area contributed by atoms with Crippen molar-refractivity contribution in [3.8, 4) is 0 Å². The van der Waals surface area contributed by atoms with Gasteiger partial charge in [-0.2, -0.15) is 0 Å². The van der Waals surface area contributed by atoms with Crippen LogP contribution in [0.4, 0.5) is 0 Å². The Hall–Kier alpha value is -1.28. The van der Waals surface area contributed by atoms with Gasteiger partial charge >= 0.3 is 7.82 Å². The summed E-state index contributed by atoms with van der Waals surface area (Å²) < 4.78 is 23.6. The van der Waals surface area contributed by atoms with Crippen LogP contribution in [0.15, 0.2) is 36.5 Å². The molecule has 0 aliphatic heterocycles. The molecular weight excluding hydrogens is 768 g/mol. The lowest BCUT2D eigenvalue weighted by Gasteiger charge is -2.25. The van der Waals surface area contributed by atoms with Gasteiger partial charge in [0.25, 0.3) is 0 Å². The molecule has 9 heteroatoms. The molecule has 0 aromatic carbocycles. The van der Waals surface area contributed by atoms with Gasteiger partial charge in [0.05, 0.1) is 39.9 Å². The quantitative estimate of drug-likeness (QED) is 0.0244. The topological polar surface area (TPSA) is 105 Å². The highest BCUT2D eigenvalue weighted by Gasteiger charge is 2.27. The zero-order chi connectivity index (χ0) is 44.3. The number of quaternary nitrogens is 1. The van der Waals surface area contributed by atoms with Gasteiger partial charge in [-0.05, 0) is 57.8 Å². The SMILES string of the molecule is CCCCCCCCC/C=C\CCCCCCCC(=O)NC(COP(=O)(O)OCC[N+](C)(C)C)C(O)/C=C/CC/C=C/CCCCCCCCCCCCCCCCCC. The van der Waals surface area contributed by atoms with Crippen LogP contribution in [0.1, 0.15) is 232 Å². The standard InChI is InChI=1S/C51H99N2O6P/c1-6-8-10-12-14-16-18-20-22-24-25-26-27-28-29-30-32-34-36-38-40-42-44-50(54)49(48-59-60(56,57)58-47-46-53(3,4)5)52-51(55)45-43-41-39-37-35-33-31-23-21-19-17-15-13-11-9-7-2/h23,31,34,36,42,44,49-50,54H,6-22,24-30,32-33,35,37-41,43,45-48H2,1-5H3,(H-,52,55,56,57)/p+1/b31-23-,36-34+,44-42+. The van der Waals surface area contributed by atoms with Crippen LogP contribution in [-0.4, -0.2) is 73.4 Å². The molecule has 0 heterocycles. The number of rotatable bonds is 46. The van der Waals surface area contributed by atoms with Crippen LogP contribution in [0.2, 0.25) is 0 Å². The van der Waals surface area contributed by atoms with Crippen molar-refractivity contribution in [2.45, 2.75) is 244 Å². The molecule has 354 valence electrons. The summed E-state index contributed by atoms with van der Waals surface area (Å²) in [6.07, 6.45) is 53.7. The normalized spacial score (nSPS) is 14.4. The number of nitrogens with zero attached hydrogens (tertiary/aromatic N) is 1. The summed E-state index contributed by atoms with van der Waals surface area (Å²) in [4.78, 5) is 23.2. The molecule has 0 radical (unpaired) electrons. The maximum absolute atomic E-state index is 12.9. The molecule has 3 N–H and O–H groups in total. The number of aliphatic hydroxyl groups is 1. The first-order chi connectivity index (χ1) is 29.0. The smallest absolute Gasteiger partial charge is 0.387 e. The lowest BCUT2D eigenvalue weighted by atomic mass is 10.0. The molecule has 0 bridgehead atoms. The molecule has 0 saturated heterocycles. The van der Waals surface area contributed by atoms with Crippen LogP contribution in [0.25, 0.3) is 0 Å². The number of phosphoric acid groups is 1. The molecular formula is C51H100N2O6P+. The highest BCUT2D eigenvalue weighted by molar-refractivity contribution is 7.47. The predicted molar refractivity (Wildman–Crippen MR) is 258 cm³/mol. The second-order valence-corrected chi connectivity index (χ2v) is 20.0. The van der Waals surface area contributed by atoms with E-state index < -0.39 is 20.0 Å². The zero-order valence-corrected chi connectivity index (χ0v) is 41.1. The number of aliphatic hydroxyl groups excluding tert-OH is 1. The molecule has 0 saturated carbocycles. The van der Waals surface area contributed by atoms with E-state index in [-0.39, 0.29) is 19.1 Å². The first kappa shape index (κ1) is 58.7. The van der Waals surface area contributed by atoms with Crippen LogP contribution < -0.4 is 5.32 Å². The van der Waals surface area contributed by atoms with E-state index in [0.717, 1.165) is 51.4 Å². The third-order valence-electron chi connectivity index (χ3n) is 11.3. The fourth-order valence-corrected chi connectivity index (χ4v) is 8.02. The maximum Gasteiger partial charge on any atom is 0.472 e. The van der Waals surface area contributed by atoms with Crippen molar-refractivity contribution >= 4 is 13.7 Å². The van der Waals surface area contributed by atoms with E-state index >= 15 is 0 Å². The second kappa shape index (κ2) is 43.0. The molecule has 8 nitrogen and oxygen atoms in total. The van der Waals surface area contributed by atoms with Crippen molar-refractivity contribution in [1.29, 1.82) is 0 Å². The van der Waals surface area contributed by atoms with Gasteiger partial charge in [0, 0.05) is 6.42 Å². The van der Waals surface area contributed by atoms with Crippen molar-refractivity contribution in [3.63, 3.8) is 0 Å². The minimum absolute atomic E-state index is 0.0549. The number of allylic oxidation sites excluding steroid dienone is 5.